The lowest BCUT2D eigenvalue weighted by Gasteiger charge is -2.32. The standard InChI is InChI=1S/C17H16ClNO2/c18-14-8-6-12(7-9-14)11-19-10-2-4-13-3-1-5-15(16(13)19)17(20)21/h1,3,5-9H,2,4,10-11H2,(H,20,21). The molecule has 0 radical (unpaired) electrons. The molecule has 0 aliphatic carbocycles. The van der Waals surface area contributed by atoms with Gasteiger partial charge in [0.25, 0.3) is 0 Å². The van der Waals surface area contributed by atoms with Gasteiger partial charge in [-0.2, -0.15) is 0 Å². The second-order valence-electron chi connectivity index (χ2n) is 5.27. The molecule has 0 saturated carbocycles. The minimum absolute atomic E-state index is 0.390. The number of hydrogen-bond acceptors (Lipinski definition) is 2. The second kappa shape index (κ2) is 5.78. The molecule has 0 unspecified atom stereocenters. The molecule has 1 aliphatic rings. The topological polar surface area (TPSA) is 40.5 Å². The first kappa shape index (κ1) is 14.0. The van der Waals surface area contributed by atoms with Crippen molar-refractivity contribution in [1.82, 2.24) is 0 Å². The summed E-state index contributed by atoms with van der Waals surface area (Å²) in [6.07, 6.45) is 1.98. The number of halogens is 1. The summed E-state index contributed by atoms with van der Waals surface area (Å²) in [5.41, 5.74) is 3.51. The van der Waals surface area contributed by atoms with E-state index in [1.165, 1.54) is 0 Å². The largest absolute Gasteiger partial charge is 0.478 e. The third kappa shape index (κ3) is 2.88. The minimum atomic E-state index is -0.866. The zero-order chi connectivity index (χ0) is 14.8. The average molecular weight is 302 g/mol. The second-order valence-corrected chi connectivity index (χ2v) is 5.71. The van der Waals surface area contributed by atoms with E-state index in [1.807, 2.05) is 36.4 Å². The van der Waals surface area contributed by atoms with Gasteiger partial charge in [-0.05, 0) is 42.2 Å². The Labute approximate surface area is 128 Å². The highest BCUT2D eigenvalue weighted by atomic mass is 35.5. The van der Waals surface area contributed by atoms with E-state index in [9.17, 15) is 9.90 Å². The third-order valence-electron chi connectivity index (χ3n) is 3.83. The molecule has 2 aromatic carbocycles. The maximum atomic E-state index is 11.5. The fraction of sp³-hybridized carbons (Fsp3) is 0.235. The van der Waals surface area contributed by atoms with Crippen LogP contribution in [0, 0.1) is 0 Å². The Morgan fingerprint density at radius 1 is 1.19 bits per heavy atom. The highest BCUT2D eigenvalue weighted by Crippen LogP contribution is 2.32. The Morgan fingerprint density at radius 2 is 1.95 bits per heavy atom. The van der Waals surface area contributed by atoms with E-state index >= 15 is 0 Å². The zero-order valence-corrected chi connectivity index (χ0v) is 12.3. The van der Waals surface area contributed by atoms with Crippen LogP contribution >= 0.6 is 11.6 Å². The lowest BCUT2D eigenvalue weighted by Crippen LogP contribution is -2.30. The lowest BCUT2D eigenvalue weighted by atomic mass is 9.97. The molecule has 4 heteroatoms. The van der Waals surface area contributed by atoms with Gasteiger partial charge in [-0.15, -0.1) is 0 Å². The van der Waals surface area contributed by atoms with Crippen LogP contribution in [0.3, 0.4) is 0 Å². The van der Waals surface area contributed by atoms with Gasteiger partial charge in [0, 0.05) is 18.1 Å². The van der Waals surface area contributed by atoms with Crippen molar-refractivity contribution < 1.29 is 9.90 Å². The van der Waals surface area contributed by atoms with Gasteiger partial charge in [0.1, 0.15) is 0 Å². The van der Waals surface area contributed by atoms with E-state index in [-0.39, 0.29) is 0 Å². The van der Waals surface area contributed by atoms with Crippen LogP contribution < -0.4 is 4.90 Å². The predicted octanol–water partition coefficient (Wildman–Crippen LogP) is 3.99. The Kier molecular flexibility index (Phi) is 3.84. The minimum Gasteiger partial charge on any atom is -0.478 e. The van der Waals surface area contributed by atoms with Crippen LogP contribution in [-0.2, 0) is 13.0 Å². The summed E-state index contributed by atoms with van der Waals surface area (Å²) < 4.78 is 0. The Hall–Kier alpha value is -2.00. The molecule has 0 saturated heterocycles. The fourth-order valence-corrected chi connectivity index (χ4v) is 3.01. The highest BCUT2D eigenvalue weighted by Gasteiger charge is 2.23. The number of carbonyl (C=O) groups is 1. The summed E-state index contributed by atoms with van der Waals surface area (Å²) in [7, 11) is 0. The lowest BCUT2D eigenvalue weighted by molar-refractivity contribution is 0.0697. The first-order valence-electron chi connectivity index (χ1n) is 7.00. The van der Waals surface area contributed by atoms with Gasteiger partial charge in [0.2, 0.25) is 0 Å². The zero-order valence-electron chi connectivity index (χ0n) is 11.6. The number of fused-ring (bicyclic) bond motifs is 1. The number of para-hydroxylation sites is 1. The van der Waals surface area contributed by atoms with Gasteiger partial charge in [-0.1, -0.05) is 35.9 Å². The molecule has 0 spiro atoms. The molecule has 0 bridgehead atoms. The maximum Gasteiger partial charge on any atom is 0.337 e. The number of rotatable bonds is 3. The Morgan fingerprint density at radius 3 is 2.67 bits per heavy atom. The normalized spacial score (nSPS) is 13.9. The monoisotopic (exact) mass is 301 g/mol. The van der Waals surface area contributed by atoms with Crippen molar-refractivity contribution in [3.05, 3.63) is 64.2 Å². The first-order valence-corrected chi connectivity index (χ1v) is 7.37. The maximum absolute atomic E-state index is 11.5. The molecule has 0 aromatic heterocycles. The smallest absolute Gasteiger partial charge is 0.337 e. The molecule has 1 aliphatic heterocycles. The molecule has 21 heavy (non-hydrogen) atoms. The van der Waals surface area contributed by atoms with Crippen LogP contribution in [0.25, 0.3) is 0 Å². The average Bonchev–Trinajstić information content (AvgIpc) is 2.49. The Bertz CT molecular complexity index is 667. The molecular weight excluding hydrogens is 286 g/mol. The number of nitrogens with zero attached hydrogens (tertiary/aromatic N) is 1. The molecule has 3 rings (SSSR count). The molecule has 2 aromatic rings. The summed E-state index contributed by atoms with van der Waals surface area (Å²) >= 11 is 5.91. The van der Waals surface area contributed by atoms with Gasteiger partial charge < -0.3 is 10.0 Å². The van der Waals surface area contributed by atoms with Crippen LogP contribution in [-0.4, -0.2) is 17.6 Å². The number of anilines is 1. The van der Waals surface area contributed by atoms with E-state index in [1.54, 1.807) is 6.07 Å². The molecule has 0 amide bonds. The van der Waals surface area contributed by atoms with Gasteiger partial charge in [-0.3, -0.25) is 0 Å². The Balaban J connectivity index is 1.96. The molecule has 108 valence electrons. The number of carboxylic acid groups (broad SMARTS) is 1. The number of aromatic carboxylic acids is 1. The summed E-state index contributed by atoms with van der Waals surface area (Å²) in [5, 5.41) is 10.1. The van der Waals surface area contributed by atoms with E-state index in [0.29, 0.717) is 17.1 Å². The van der Waals surface area contributed by atoms with E-state index in [2.05, 4.69) is 4.90 Å². The molecule has 3 nitrogen and oxygen atoms in total. The van der Waals surface area contributed by atoms with Crippen molar-refractivity contribution >= 4 is 23.3 Å². The van der Waals surface area contributed by atoms with Crippen LogP contribution in [0.4, 0.5) is 5.69 Å². The summed E-state index contributed by atoms with van der Waals surface area (Å²) in [6.45, 7) is 1.58. The van der Waals surface area contributed by atoms with E-state index in [4.69, 9.17) is 11.6 Å². The third-order valence-corrected chi connectivity index (χ3v) is 4.08. The predicted molar refractivity (Wildman–Crippen MR) is 84.2 cm³/mol. The molecule has 0 atom stereocenters. The van der Waals surface area contributed by atoms with Crippen molar-refractivity contribution in [3.8, 4) is 0 Å². The number of aryl methyl sites for hydroxylation is 1. The van der Waals surface area contributed by atoms with Crippen molar-refractivity contribution in [3.63, 3.8) is 0 Å². The van der Waals surface area contributed by atoms with Gasteiger partial charge in [-0.25, -0.2) is 4.79 Å². The van der Waals surface area contributed by atoms with Crippen LogP contribution in [0.1, 0.15) is 27.9 Å². The summed E-state index contributed by atoms with van der Waals surface area (Å²) in [6, 6.07) is 13.2. The fourth-order valence-electron chi connectivity index (χ4n) is 2.88. The summed E-state index contributed by atoms with van der Waals surface area (Å²) in [5.74, 6) is -0.866. The van der Waals surface area contributed by atoms with Crippen molar-refractivity contribution in [2.75, 3.05) is 11.4 Å². The molecule has 1 N–H and O–H groups in total. The SMILES string of the molecule is O=C(O)c1cccc2c1N(Cc1ccc(Cl)cc1)CCC2. The van der Waals surface area contributed by atoms with Gasteiger partial charge in [0.15, 0.2) is 0 Å². The van der Waals surface area contributed by atoms with E-state index < -0.39 is 5.97 Å². The van der Waals surface area contributed by atoms with Crippen molar-refractivity contribution in [2.45, 2.75) is 19.4 Å². The molecule has 0 fully saturated rings. The number of hydrogen-bond donors (Lipinski definition) is 1. The van der Waals surface area contributed by atoms with Crippen molar-refractivity contribution in [1.29, 1.82) is 0 Å². The first-order chi connectivity index (χ1) is 10.1. The van der Waals surface area contributed by atoms with Crippen molar-refractivity contribution in [2.24, 2.45) is 0 Å². The summed E-state index contributed by atoms with van der Waals surface area (Å²) in [4.78, 5) is 13.6. The van der Waals surface area contributed by atoms with E-state index in [0.717, 1.165) is 36.2 Å². The molecular formula is C17H16ClNO2. The quantitative estimate of drug-likeness (QED) is 0.932. The van der Waals surface area contributed by atoms with Gasteiger partial charge in [0.05, 0.1) is 11.3 Å². The van der Waals surface area contributed by atoms with Crippen LogP contribution in [0.5, 0.6) is 0 Å². The number of benzene rings is 2. The van der Waals surface area contributed by atoms with Gasteiger partial charge >= 0.3 is 5.97 Å². The molecule has 1 heterocycles. The van der Waals surface area contributed by atoms with Crippen LogP contribution in [0.15, 0.2) is 42.5 Å². The van der Waals surface area contributed by atoms with Crippen LogP contribution in [0.2, 0.25) is 5.02 Å². The number of carboxylic acids is 1. The highest BCUT2D eigenvalue weighted by molar-refractivity contribution is 6.30.